The Hall–Kier alpha value is -1.71. The SMILES string of the molecule is CC=CC(=O)c1ccc(OC(F)F)cc1. The molecular formula is C11H10F2O2. The summed E-state index contributed by atoms with van der Waals surface area (Å²) in [4.78, 5) is 11.3. The Balaban J connectivity index is 2.76. The smallest absolute Gasteiger partial charge is 0.387 e. The van der Waals surface area contributed by atoms with Crippen LogP contribution in [-0.2, 0) is 0 Å². The van der Waals surface area contributed by atoms with Gasteiger partial charge in [-0.3, -0.25) is 4.79 Å². The van der Waals surface area contributed by atoms with E-state index in [-0.39, 0.29) is 11.5 Å². The van der Waals surface area contributed by atoms with E-state index < -0.39 is 6.61 Å². The monoisotopic (exact) mass is 212 g/mol. The van der Waals surface area contributed by atoms with Gasteiger partial charge in [-0.1, -0.05) is 6.08 Å². The van der Waals surface area contributed by atoms with Gasteiger partial charge in [0.2, 0.25) is 0 Å². The van der Waals surface area contributed by atoms with E-state index >= 15 is 0 Å². The Kier molecular flexibility index (Phi) is 3.97. The fourth-order valence-corrected chi connectivity index (χ4v) is 1.05. The minimum atomic E-state index is -2.85. The van der Waals surface area contributed by atoms with Crippen molar-refractivity contribution < 1.29 is 18.3 Å². The van der Waals surface area contributed by atoms with E-state index in [9.17, 15) is 13.6 Å². The van der Waals surface area contributed by atoms with Crippen LogP contribution < -0.4 is 4.74 Å². The van der Waals surface area contributed by atoms with Gasteiger partial charge in [0, 0.05) is 5.56 Å². The standard InChI is InChI=1S/C11H10F2O2/c1-2-3-10(14)8-4-6-9(7-5-8)15-11(12)13/h2-7,11H,1H3. The lowest BCUT2D eigenvalue weighted by atomic mass is 10.1. The van der Waals surface area contributed by atoms with Gasteiger partial charge in [-0.05, 0) is 37.3 Å². The third kappa shape index (κ3) is 3.50. The maximum absolute atomic E-state index is 11.8. The second kappa shape index (κ2) is 5.24. The van der Waals surface area contributed by atoms with Gasteiger partial charge in [-0.25, -0.2) is 0 Å². The Labute approximate surface area is 86.2 Å². The minimum absolute atomic E-state index is 0.0435. The molecule has 1 aromatic rings. The number of carbonyl (C=O) groups excluding carboxylic acids is 1. The van der Waals surface area contributed by atoms with Gasteiger partial charge >= 0.3 is 6.61 Å². The largest absolute Gasteiger partial charge is 0.435 e. The van der Waals surface area contributed by atoms with Gasteiger partial charge in [0.15, 0.2) is 5.78 Å². The van der Waals surface area contributed by atoms with Gasteiger partial charge in [-0.15, -0.1) is 0 Å². The van der Waals surface area contributed by atoms with Gasteiger partial charge in [0.05, 0.1) is 0 Å². The molecule has 2 nitrogen and oxygen atoms in total. The van der Waals surface area contributed by atoms with Crippen molar-refractivity contribution in [3.63, 3.8) is 0 Å². The van der Waals surface area contributed by atoms with E-state index in [1.807, 2.05) is 0 Å². The third-order valence-corrected chi connectivity index (χ3v) is 1.68. The molecule has 0 bridgehead atoms. The van der Waals surface area contributed by atoms with Crippen molar-refractivity contribution in [2.24, 2.45) is 0 Å². The first-order valence-electron chi connectivity index (χ1n) is 4.35. The molecule has 0 fully saturated rings. The zero-order chi connectivity index (χ0) is 11.3. The zero-order valence-corrected chi connectivity index (χ0v) is 8.11. The summed E-state index contributed by atoms with van der Waals surface area (Å²) in [7, 11) is 0. The highest BCUT2D eigenvalue weighted by Crippen LogP contribution is 2.15. The topological polar surface area (TPSA) is 26.3 Å². The molecule has 0 amide bonds. The van der Waals surface area contributed by atoms with Crippen molar-refractivity contribution in [3.05, 3.63) is 42.0 Å². The molecule has 80 valence electrons. The third-order valence-electron chi connectivity index (χ3n) is 1.68. The molecule has 0 saturated heterocycles. The predicted octanol–water partition coefficient (Wildman–Crippen LogP) is 3.05. The highest BCUT2D eigenvalue weighted by atomic mass is 19.3. The van der Waals surface area contributed by atoms with Crippen LogP contribution in [0, 0.1) is 0 Å². The first-order chi connectivity index (χ1) is 7.13. The van der Waals surface area contributed by atoms with E-state index in [1.165, 1.54) is 30.3 Å². The van der Waals surface area contributed by atoms with Crippen molar-refractivity contribution in [1.82, 2.24) is 0 Å². The van der Waals surface area contributed by atoms with Crippen LogP contribution in [0.2, 0.25) is 0 Å². The molecule has 1 rings (SSSR count). The molecule has 0 aliphatic rings. The average molecular weight is 212 g/mol. The Morgan fingerprint density at radius 2 is 1.93 bits per heavy atom. The van der Waals surface area contributed by atoms with Gasteiger partial charge in [0.25, 0.3) is 0 Å². The molecule has 0 spiro atoms. The summed E-state index contributed by atoms with van der Waals surface area (Å²) >= 11 is 0. The van der Waals surface area contributed by atoms with E-state index in [1.54, 1.807) is 13.0 Å². The molecule has 0 unspecified atom stereocenters. The van der Waals surface area contributed by atoms with Crippen LogP contribution in [0.25, 0.3) is 0 Å². The maximum Gasteiger partial charge on any atom is 0.387 e. The number of ether oxygens (including phenoxy) is 1. The first kappa shape index (κ1) is 11.4. The van der Waals surface area contributed by atoms with Crippen LogP contribution in [0.15, 0.2) is 36.4 Å². The number of hydrogen-bond donors (Lipinski definition) is 0. The molecule has 4 heteroatoms. The Bertz CT molecular complexity index is 355. The Morgan fingerprint density at radius 3 is 2.40 bits per heavy atom. The molecule has 0 aliphatic carbocycles. The minimum Gasteiger partial charge on any atom is -0.435 e. The number of halogens is 2. The predicted molar refractivity (Wildman–Crippen MR) is 52.2 cm³/mol. The molecule has 0 N–H and O–H groups in total. The van der Waals surface area contributed by atoms with Crippen LogP contribution in [0.3, 0.4) is 0 Å². The number of carbonyl (C=O) groups is 1. The summed E-state index contributed by atoms with van der Waals surface area (Å²) < 4.78 is 27.7. The van der Waals surface area contributed by atoms with E-state index in [4.69, 9.17) is 0 Å². The molecule has 0 heterocycles. The molecule has 15 heavy (non-hydrogen) atoms. The lowest BCUT2D eigenvalue weighted by Gasteiger charge is -2.03. The van der Waals surface area contributed by atoms with Crippen molar-refractivity contribution in [1.29, 1.82) is 0 Å². The molecular weight excluding hydrogens is 202 g/mol. The summed E-state index contributed by atoms with van der Waals surface area (Å²) in [5.74, 6) is -0.122. The number of allylic oxidation sites excluding steroid dienone is 2. The highest BCUT2D eigenvalue weighted by Gasteiger charge is 2.05. The number of benzene rings is 1. The number of ketones is 1. The van der Waals surface area contributed by atoms with E-state index in [2.05, 4.69) is 4.74 Å². The zero-order valence-electron chi connectivity index (χ0n) is 8.11. The van der Waals surface area contributed by atoms with Crippen molar-refractivity contribution in [2.75, 3.05) is 0 Å². The van der Waals surface area contributed by atoms with Crippen LogP contribution in [0.1, 0.15) is 17.3 Å². The number of rotatable bonds is 4. The van der Waals surface area contributed by atoms with Gasteiger partial charge in [-0.2, -0.15) is 8.78 Å². The van der Waals surface area contributed by atoms with Crippen LogP contribution in [-0.4, -0.2) is 12.4 Å². The molecule has 0 aliphatic heterocycles. The summed E-state index contributed by atoms with van der Waals surface area (Å²) in [6.45, 7) is -1.12. The summed E-state index contributed by atoms with van der Waals surface area (Å²) in [6, 6.07) is 5.56. The second-order valence-electron chi connectivity index (χ2n) is 2.77. The summed E-state index contributed by atoms with van der Waals surface area (Å²) in [5.41, 5.74) is 0.440. The van der Waals surface area contributed by atoms with E-state index in [0.29, 0.717) is 5.56 Å². The van der Waals surface area contributed by atoms with Crippen molar-refractivity contribution in [2.45, 2.75) is 13.5 Å². The lowest BCUT2D eigenvalue weighted by molar-refractivity contribution is -0.0498. The number of hydrogen-bond acceptors (Lipinski definition) is 2. The molecule has 0 atom stereocenters. The van der Waals surface area contributed by atoms with E-state index in [0.717, 1.165) is 0 Å². The molecule has 0 aromatic heterocycles. The number of alkyl halides is 2. The fraction of sp³-hybridized carbons (Fsp3) is 0.182. The fourth-order valence-electron chi connectivity index (χ4n) is 1.05. The van der Waals surface area contributed by atoms with Gasteiger partial charge in [0.1, 0.15) is 5.75 Å². The average Bonchev–Trinajstić information content (AvgIpc) is 2.18. The Morgan fingerprint density at radius 1 is 1.33 bits per heavy atom. The normalized spacial score (nSPS) is 10.9. The maximum atomic E-state index is 11.8. The second-order valence-corrected chi connectivity index (χ2v) is 2.77. The molecule has 0 saturated carbocycles. The van der Waals surface area contributed by atoms with Gasteiger partial charge < -0.3 is 4.74 Å². The van der Waals surface area contributed by atoms with Crippen molar-refractivity contribution >= 4 is 5.78 Å². The van der Waals surface area contributed by atoms with Crippen LogP contribution in [0.5, 0.6) is 5.75 Å². The molecule has 0 radical (unpaired) electrons. The summed E-state index contributed by atoms with van der Waals surface area (Å²) in [5, 5.41) is 0. The summed E-state index contributed by atoms with van der Waals surface area (Å²) in [6.07, 6.45) is 3.02. The van der Waals surface area contributed by atoms with Crippen LogP contribution in [0.4, 0.5) is 8.78 Å². The quantitative estimate of drug-likeness (QED) is 0.566. The molecule has 1 aromatic carbocycles. The first-order valence-corrected chi connectivity index (χ1v) is 4.35. The van der Waals surface area contributed by atoms with Crippen LogP contribution >= 0.6 is 0 Å². The lowest BCUT2D eigenvalue weighted by Crippen LogP contribution is -2.02. The van der Waals surface area contributed by atoms with Crippen molar-refractivity contribution in [3.8, 4) is 5.75 Å². The highest BCUT2D eigenvalue weighted by molar-refractivity contribution is 6.04.